The van der Waals surface area contributed by atoms with Crippen molar-refractivity contribution >= 4 is 16.9 Å². The minimum atomic E-state index is 0.336. The number of hydrogen-bond donors (Lipinski definition) is 1. The van der Waals surface area contributed by atoms with Gasteiger partial charge < -0.3 is 14.7 Å². The zero-order chi connectivity index (χ0) is 22.8. The van der Waals surface area contributed by atoms with E-state index in [-0.39, 0.29) is 0 Å². The van der Waals surface area contributed by atoms with Gasteiger partial charge in [0.2, 0.25) is 0 Å². The Morgan fingerprint density at radius 3 is 2.33 bits per heavy atom. The summed E-state index contributed by atoms with van der Waals surface area (Å²) in [5, 5.41) is 10.0. The number of ether oxygens (including phenoxy) is 1. The Morgan fingerprint density at radius 1 is 0.848 bits per heavy atom. The van der Waals surface area contributed by atoms with Gasteiger partial charge in [0.25, 0.3) is 0 Å². The van der Waals surface area contributed by atoms with Crippen molar-refractivity contribution < 1.29 is 9.84 Å². The highest BCUT2D eigenvalue weighted by Crippen LogP contribution is 2.32. The molecule has 33 heavy (non-hydrogen) atoms. The number of benzene rings is 2. The molecular weight excluding hydrogens is 414 g/mol. The van der Waals surface area contributed by atoms with Crippen molar-refractivity contribution in [3.05, 3.63) is 47.7 Å². The minimum Gasteiger partial charge on any atom is -0.508 e. The van der Waals surface area contributed by atoms with E-state index >= 15 is 0 Å². The van der Waals surface area contributed by atoms with Gasteiger partial charge in [-0.3, -0.25) is 14.8 Å². The highest BCUT2D eigenvalue weighted by molar-refractivity contribution is 5.83. The molecule has 5 rings (SSSR count). The van der Waals surface area contributed by atoms with E-state index in [1.54, 1.807) is 6.07 Å². The van der Waals surface area contributed by atoms with E-state index in [0.717, 1.165) is 105 Å². The maximum absolute atomic E-state index is 10.0. The van der Waals surface area contributed by atoms with E-state index in [1.807, 2.05) is 25.3 Å². The van der Waals surface area contributed by atoms with Gasteiger partial charge in [0, 0.05) is 52.4 Å². The molecule has 1 aromatic heterocycles. The maximum atomic E-state index is 10.0. The molecule has 0 atom stereocenters. The number of aromatic nitrogens is 2. The number of anilines is 1. The van der Waals surface area contributed by atoms with Crippen LogP contribution in [-0.2, 0) is 4.74 Å². The van der Waals surface area contributed by atoms with Crippen LogP contribution in [0.3, 0.4) is 0 Å². The Kier molecular flexibility index (Phi) is 6.44. The van der Waals surface area contributed by atoms with Gasteiger partial charge in [-0.05, 0) is 54.3 Å². The van der Waals surface area contributed by atoms with Crippen LogP contribution in [0.5, 0.6) is 5.75 Å². The molecule has 174 valence electrons. The average Bonchev–Trinajstić information content (AvgIpc) is 2.86. The first-order chi connectivity index (χ1) is 16.1. The zero-order valence-corrected chi connectivity index (χ0v) is 19.6. The van der Waals surface area contributed by atoms with Crippen LogP contribution in [0.2, 0.25) is 0 Å². The predicted molar refractivity (Wildman–Crippen MR) is 132 cm³/mol. The summed E-state index contributed by atoms with van der Waals surface area (Å²) in [5.41, 5.74) is 6.03. The zero-order valence-electron chi connectivity index (χ0n) is 19.6. The standard InChI is InChI=1S/C26H33N5O2/c1-19-20(2)25(32)6-4-22(19)21-3-5-23-24(17-21)28-26(18-27-23)31-11-9-29(10-12-31)7-8-30-13-15-33-16-14-30/h3-6,17-18,32H,7-16H2,1-2H3. The molecule has 2 aliphatic rings. The van der Waals surface area contributed by atoms with E-state index < -0.39 is 0 Å². The molecule has 3 heterocycles. The lowest BCUT2D eigenvalue weighted by molar-refractivity contribution is 0.0331. The molecule has 0 saturated carbocycles. The van der Waals surface area contributed by atoms with Crippen molar-refractivity contribution in [2.24, 2.45) is 0 Å². The third kappa shape index (κ3) is 4.81. The van der Waals surface area contributed by atoms with Crippen LogP contribution < -0.4 is 4.90 Å². The Morgan fingerprint density at radius 2 is 1.58 bits per heavy atom. The number of phenols is 1. The highest BCUT2D eigenvalue weighted by atomic mass is 16.5. The van der Waals surface area contributed by atoms with Crippen LogP contribution >= 0.6 is 0 Å². The summed E-state index contributed by atoms with van der Waals surface area (Å²) in [6.07, 6.45) is 1.90. The predicted octanol–water partition coefficient (Wildman–Crippen LogP) is 3.07. The minimum absolute atomic E-state index is 0.336. The van der Waals surface area contributed by atoms with Crippen molar-refractivity contribution in [3.63, 3.8) is 0 Å². The molecule has 0 amide bonds. The topological polar surface area (TPSA) is 65.0 Å². The monoisotopic (exact) mass is 447 g/mol. The maximum Gasteiger partial charge on any atom is 0.147 e. The van der Waals surface area contributed by atoms with Crippen LogP contribution in [0, 0.1) is 13.8 Å². The van der Waals surface area contributed by atoms with E-state index in [4.69, 9.17) is 9.72 Å². The number of aromatic hydroxyl groups is 1. The van der Waals surface area contributed by atoms with Crippen molar-refractivity contribution in [3.8, 4) is 16.9 Å². The molecule has 2 aromatic carbocycles. The molecule has 3 aromatic rings. The fourth-order valence-corrected chi connectivity index (χ4v) is 4.75. The van der Waals surface area contributed by atoms with Crippen molar-refractivity contribution in [1.82, 2.24) is 19.8 Å². The molecular formula is C26H33N5O2. The molecule has 1 N–H and O–H groups in total. The Labute approximate surface area is 195 Å². The van der Waals surface area contributed by atoms with Gasteiger partial charge in [0.05, 0.1) is 30.4 Å². The lowest BCUT2D eigenvalue weighted by Gasteiger charge is -2.36. The van der Waals surface area contributed by atoms with Crippen molar-refractivity contribution in [2.75, 3.05) is 70.5 Å². The summed E-state index contributed by atoms with van der Waals surface area (Å²) in [6.45, 7) is 14.1. The second kappa shape index (κ2) is 9.63. The van der Waals surface area contributed by atoms with Gasteiger partial charge >= 0.3 is 0 Å². The average molecular weight is 448 g/mol. The van der Waals surface area contributed by atoms with Crippen LogP contribution in [0.15, 0.2) is 36.5 Å². The number of nitrogens with zero attached hydrogens (tertiary/aromatic N) is 5. The molecule has 0 unspecified atom stereocenters. The molecule has 0 bridgehead atoms. The molecule has 2 aliphatic heterocycles. The van der Waals surface area contributed by atoms with Gasteiger partial charge in [-0.25, -0.2) is 4.98 Å². The molecule has 2 saturated heterocycles. The van der Waals surface area contributed by atoms with E-state index in [1.165, 1.54) is 0 Å². The second-order valence-electron chi connectivity index (χ2n) is 9.10. The molecule has 0 aliphatic carbocycles. The van der Waals surface area contributed by atoms with Crippen LogP contribution in [0.25, 0.3) is 22.2 Å². The smallest absolute Gasteiger partial charge is 0.147 e. The molecule has 7 heteroatoms. The van der Waals surface area contributed by atoms with E-state index in [2.05, 4.69) is 38.7 Å². The van der Waals surface area contributed by atoms with Crippen LogP contribution in [-0.4, -0.2) is 90.4 Å². The number of phenolic OH excluding ortho intramolecular Hbond substituents is 1. The number of fused-ring (bicyclic) bond motifs is 1. The van der Waals surface area contributed by atoms with E-state index in [0.29, 0.717) is 5.75 Å². The fraction of sp³-hybridized carbons (Fsp3) is 0.462. The van der Waals surface area contributed by atoms with Gasteiger partial charge in [0.15, 0.2) is 0 Å². The SMILES string of the molecule is Cc1c(O)ccc(-c2ccc3ncc(N4CCN(CCN5CCOCC5)CC4)nc3c2)c1C. The summed E-state index contributed by atoms with van der Waals surface area (Å²) in [4.78, 5) is 17.1. The Bertz CT molecular complexity index is 1120. The van der Waals surface area contributed by atoms with Gasteiger partial charge in [-0.2, -0.15) is 0 Å². The van der Waals surface area contributed by atoms with Gasteiger partial charge in [0.1, 0.15) is 11.6 Å². The van der Waals surface area contributed by atoms with Gasteiger partial charge in [-0.1, -0.05) is 12.1 Å². The molecule has 7 nitrogen and oxygen atoms in total. The van der Waals surface area contributed by atoms with Crippen LogP contribution in [0.4, 0.5) is 5.82 Å². The second-order valence-corrected chi connectivity index (χ2v) is 9.10. The largest absolute Gasteiger partial charge is 0.508 e. The first-order valence-electron chi connectivity index (χ1n) is 11.9. The molecule has 0 radical (unpaired) electrons. The summed E-state index contributed by atoms with van der Waals surface area (Å²) < 4.78 is 5.45. The summed E-state index contributed by atoms with van der Waals surface area (Å²) in [5.74, 6) is 1.29. The van der Waals surface area contributed by atoms with Crippen molar-refractivity contribution in [1.29, 1.82) is 0 Å². The van der Waals surface area contributed by atoms with Crippen molar-refractivity contribution in [2.45, 2.75) is 13.8 Å². The normalized spacial score (nSPS) is 18.2. The molecule has 2 fully saturated rings. The lowest BCUT2D eigenvalue weighted by Crippen LogP contribution is -2.49. The molecule has 0 spiro atoms. The lowest BCUT2D eigenvalue weighted by atomic mass is 9.96. The number of rotatable bonds is 5. The Hall–Kier alpha value is -2.74. The highest BCUT2D eigenvalue weighted by Gasteiger charge is 2.20. The number of piperazine rings is 1. The fourth-order valence-electron chi connectivity index (χ4n) is 4.75. The van der Waals surface area contributed by atoms with E-state index in [9.17, 15) is 5.11 Å². The third-order valence-corrected chi connectivity index (χ3v) is 7.13. The van der Waals surface area contributed by atoms with Gasteiger partial charge in [-0.15, -0.1) is 0 Å². The quantitative estimate of drug-likeness (QED) is 0.645. The summed E-state index contributed by atoms with van der Waals surface area (Å²) >= 11 is 0. The summed E-state index contributed by atoms with van der Waals surface area (Å²) in [7, 11) is 0. The Balaban J connectivity index is 1.27. The first kappa shape index (κ1) is 22.1. The third-order valence-electron chi connectivity index (χ3n) is 7.13. The number of morpholine rings is 1. The number of hydrogen-bond acceptors (Lipinski definition) is 7. The summed E-state index contributed by atoms with van der Waals surface area (Å²) in [6, 6.07) is 9.98. The van der Waals surface area contributed by atoms with Crippen LogP contribution in [0.1, 0.15) is 11.1 Å². The first-order valence-corrected chi connectivity index (χ1v) is 11.9.